The Morgan fingerprint density at radius 1 is 1.64 bits per heavy atom. The Morgan fingerprint density at radius 2 is 2.36 bits per heavy atom. The molecule has 0 bridgehead atoms. The zero-order chi connectivity index (χ0) is 10.3. The Bertz CT molecular complexity index is 521. The van der Waals surface area contributed by atoms with Crippen molar-refractivity contribution in [3.8, 4) is 0 Å². The molecule has 0 aromatic carbocycles. The molecule has 0 amide bonds. The molecular weight excluding hydrogens is 250 g/mol. The van der Waals surface area contributed by atoms with E-state index < -0.39 is 5.97 Å². The molecule has 2 heterocycles. The molecular formula is C8H6BrN3O2. The number of carbonyl (C=O) groups is 1. The number of rotatable bonds is 1. The maximum absolute atomic E-state index is 10.7. The third kappa shape index (κ3) is 1.27. The van der Waals surface area contributed by atoms with E-state index in [-0.39, 0.29) is 5.69 Å². The Labute approximate surface area is 87.5 Å². The highest BCUT2D eigenvalue weighted by Gasteiger charge is 2.11. The van der Waals surface area contributed by atoms with Gasteiger partial charge in [0.15, 0.2) is 11.3 Å². The van der Waals surface area contributed by atoms with Crippen LogP contribution in [0.1, 0.15) is 16.2 Å². The van der Waals surface area contributed by atoms with Crippen molar-refractivity contribution < 1.29 is 9.90 Å². The number of halogens is 1. The van der Waals surface area contributed by atoms with Gasteiger partial charge in [0, 0.05) is 12.3 Å². The fraction of sp³-hybridized carbons (Fsp3) is 0.125. The fourth-order valence-corrected chi connectivity index (χ4v) is 1.40. The third-order valence-electron chi connectivity index (χ3n) is 1.88. The van der Waals surface area contributed by atoms with Crippen LogP contribution in [0.25, 0.3) is 5.65 Å². The molecule has 0 saturated heterocycles. The minimum Gasteiger partial charge on any atom is -0.476 e. The van der Waals surface area contributed by atoms with E-state index in [4.69, 9.17) is 5.11 Å². The van der Waals surface area contributed by atoms with Crippen molar-refractivity contribution in [3.63, 3.8) is 0 Å². The molecule has 1 N–H and O–H groups in total. The van der Waals surface area contributed by atoms with Crippen LogP contribution in [0.4, 0.5) is 0 Å². The minimum atomic E-state index is -1.05. The van der Waals surface area contributed by atoms with Crippen molar-refractivity contribution in [2.75, 3.05) is 0 Å². The number of aromatic nitrogens is 3. The van der Waals surface area contributed by atoms with Crippen molar-refractivity contribution in [2.24, 2.45) is 0 Å². The molecule has 0 atom stereocenters. The summed E-state index contributed by atoms with van der Waals surface area (Å²) in [5.74, 6) is -1.05. The van der Waals surface area contributed by atoms with Crippen LogP contribution in [0.15, 0.2) is 16.7 Å². The van der Waals surface area contributed by atoms with Crippen molar-refractivity contribution in [1.29, 1.82) is 0 Å². The lowest BCUT2D eigenvalue weighted by molar-refractivity contribution is 0.0690. The number of nitrogens with zero attached hydrogens (tertiary/aromatic N) is 3. The van der Waals surface area contributed by atoms with Gasteiger partial charge in [-0.25, -0.2) is 14.3 Å². The summed E-state index contributed by atoms with van der Waals surface area (Å²) in [7, 11) is 0. The molecule has 0 aliphatic heterocycles. The minimum absolute atomic E-state index is 0.00120. The van der Waals surface area contributed by atoms with Crippen LogP contribution in [0.5, 0.6) is 0 Å². The number of fused-ring (bicyclic) bond motifs is 1. The third-order valence-corrected chi connectivity index (χ3v) is 2.66. The average Bonchev–Trinajstić information content (AvgIpc) is 2.56. The van der Waals surface area contributed by atoms with Gasteiger partial charge >= 0.3 is 5.97 Å². The highest BCUT2D eigenvalue weighted by atomic mass is 79.9. The molecule has 0 saturated carbocycles. The highest BCUT2D eigenvalue weighted by Crippen LogP contribution is 2.15. The summed E-state index contributed by atoms with van der Waals surface area (Å²) in [5.41, 5.74) is 1.35. The molecule has 2 aromatic rings. The zero-order valence-corrected chi connectivity index (χ0v) is 8.82. The molecule has 2 aromatic heterocycles. The van der Waals surface area contributed by atoms with Crippen molar-refractivity contribution in [3.05, 3.63) is 28.1 Å². The van der Waals surface area contributed by atoms with Gasteiger partial charge in [0.25, 0.3) is 0 Å². The smallest absolute Gasteiger partial charge is 0.356 e. The monoisotopic (exact) mass is 255 g/mol. The van der Waals surface area contributed by atoms with E-state index in [1.165, 1.54) is 10.6 Å². The first-order chi connectivity index (χ1) is 6.59. The number of carboxylic acid groups (broad SMARTS) is 1. The summed E-state index contributed by atoms with van der Waals surface area (Å²) in [6, 6.07) is 1.43. The average molecular weight is 256 g/mol. The van der Waals surface area contributed by atoms with Crippen molar-refractivity contribution in [1.82, 2.24) is 14.6 Å². The molecule has 0 fully saturated rings. The molecule has 5 nitrogen and oxygen atoms in total. The quantitative estimate of drug-likeness (QED) is 0.839. The van der Waals surface area contributed by atoms with E-state index in [1.54, 1.807) is 6.20 Å². The number of aryl methyl sites for hydroxylation is 1. The number of hydrogen-bond donors (Lipinski definition) is 1. The summed E-state index contributed by atoms with van der Waals surface area (Å²) in [4.78, 5) is 14.7. The molecule has 0 aliphatic carbocycles. The van der Waals surface area contributed by atoms with Gasteiger partial charge in [-0.1, -0.05) is 0 Å². The second-order valence-corrected chi connectivity index (χ2v) is 3.65. The Kier molecular flexibility index (Phi) is 1.99. The van der Waals surface area contributed by atoms with E-state index in [2.05, 4.69) is 26.0 Å². The lowest BCUT2D eigenvalue weighted by Crippen LogP contribution is -2.00. The Balaban J connectivity index is 2.77. The van der Waals surface area contributed by atoms with E-state index in [0.717, 1.165) is 10.2 Å². The summed E-state index contributed by atoms with van der Waals surface area (Å²) >= 11 is 3.29. The van der Waals surface area contributed by atoms with E-state index in [9.17, 15) is 4.79 Å². The van der Waals surface area contributed by atoms with Crippen LogP contribution in [0.3, 0.4) is 0 Å². The van der Waals surface area contributed by atoms with Gasteiger partial charge in [0.05, 0.1) is 10.2 Å². The zero-order valence-electron chi connectivity index (χ0n) is 7.23. The molecule has 6 heteroatoms. The first-order valence-electron chi connectivity index (χ1n) is 3.84. The number of aromatic carboxylic acids is 1. The number of carboxylic acids is 1. The molecule has 14 heavy (non-hydrogen) atoms. The van der Waals surface area contributed by atoms with Crippen LogP contribution < -0.4 is 0 Å². The van der Waals surface area contributed by atoms with Crippen molar-refractivity contribution >= 4 is 27.5 Å². The molecule has 0 aliphatic rings. The SMILES string of the molecule is Cc1c(Br)cnc2cc(C(=O)O)nn12. The van der Waals surface area contributed by atoms with Gasteiger partial charge in [0.1, 0.15) is 0 Å². The maximum atomic E-state index is 10.7. The van der Waals surface area contributed by atoms with E-state index in [0.29, 0.717) is 5.65 Å². The van der Waals surface area contributed by atoms with Crippen LogP contribution in [0, 0.1) is 6.92 Å². The predicted octanol–water partition coefficient (Wildman–Crippen LogP) is 1.50. The molecule has 0 unspecified atom stereocenters. The first kappa shape index (κ1) is 9.14. The normalized spacial score (nSPS) is 10.7. The topological polar surface area (TPSA) is 67.5 Å². The molecule has 2 rings (SSSR count). The highest BCUT2D eigenvalue weighted by molar-refractivity contribution is 9.10. The maximum Gasteiger partial charge on any atom is 0.356 e. The summed E-state index contributed by atoms with van der Waals surface area (Å²) in [6.07, 6.45) is 1.62. The van der Waals surface area contributed by atoms with Gasteiger partial charge in [-0.2, -0.15) is 5.10 Å². The molecule has 72 valence electrons. The molecule has 0 spiro atoms. The summed E-state index contributed by atoms with van der Waals surface area (Å²) in [6.45, 7) is 1.83. The summed E-state index contributed by atoms with van der Waals surface area (Å²) < 4.78 is 2.29. The van der Waals surface area contributed by atoms with Gasteiger partial charge in [-0.15, -0.1) is 0 Å². The van der Waals surface area contributed by atoms with Crippen LogP contribution in [0.2, 0.25) is 0 Å². The largest absolute Gasteiger partial charge is 0.476 e. The predicted molar refractivity (Wildman–Crippen MR) is 52.4 cm³/mol. The Morgan fingerprint density at radius 3 is 3.00 bits per heavy atom. The second kappa shape index (κ2) is 3.06. The molecule has 0 radical (unpaired) electrons. The van der Waals surface area contributed by atoms with Gasteiger partial charge in [-0.3, -0.25) is 0 Å². The van der Waals surface area contributed by atoms with Gasteiger partial charge in [-0.05, 0) is 22.9 Å². The second-order valence-electron chi connectivity index (χ2n) is 2.80. The van der Waals surface area contributed by atoms with Crippen LogP contribution >= 0.6 is 15.9 Å². The van der Waals surface area contributed by atoms with Crippen molar-refractivity contribution in [2.45, 2.75) is 6.92 Å². The lowest BCUT2D eigenvalue weighted by Gasteiger charge is -1.99. The Hall–Kier alpha value is -1.43. The van der Waals surface area contributed by atoms with Crippen LogP contribution in [-0.4, -0.2) is 25.7 Å². The van der Waals surface area contributed by atoms with Crippen LogP contribution in [-0.2, 0) is 0 Å². The lowest BCUT2D eigenvalue weighted by atomic mass is 10.4. The summed E-state index contributed by atoms with van der Waals surface area (Å²) in [5, 5.41) is 12.6. The fourth-order valence-electron chi connectivity index (χ4n) is 1.13. The van der Waals surface area contributed by atoms with Gasteiger partial charge < -0.3 is 5.11 Å². The standard InChI is InChI=1S/C8H6BrN3O2/c1-4-5(9)3-10-7-2-6(8(13)14)11-12(4)7/h2-3H,1H3,(H,13,14). The van der Waals surface area contributed by atoms with Gasteiger partial charge in [0.2, 0.25) is 0 Å². The first-order valence-corrected chi connectivity index (χ1v) is 4.63. The number of hydrogen-bond acceptors (Lipinski definition) is 3. The van der Waals surface area contributed by atoms with E-state index >= 15 is 0 Å². The van der Waals surface area contributed by atoms with E-state index in [1.807, 2.05) is 6.92 Å².